The average molecular weight is 386 g/mol. The van der Waals surface area contributed by atoms with Gasteiger partial charge < -0.3 is 10.6 Å². The van der Waals surface area contributed by atoms with Gasteiger partial charge in [-0.25, -0.2) is 0 Å². The lowest BCUT2D eigenvalue weighted by Gasteiger charge is -2.46. The van der Waals surface area contributed by atoms with Gasteiger partial charge in [-0.05, 0) is 23.8 Å². The summed E-state index contributed by atoms with van der Waals surface area (Å²) in [6.45, 7) is 2.90. The van der Waals surface area contributed by atoms with Crippen LogP contribution in [0.25, 0.3) is 0 Å². The quantitative estimate of drug-likeness (QED) is 0.829. The van der Waals surface area contributed by atoms with Crippen LogP contribution >= 0.6 is 15.9 Å². The zero-order valence-electron chi connectivity index (χ0n) is 13.4. The summed E-state index contributed by atoms with van der Waals surface area (Å²) >= 11 is 3.43. The molecule has 0 bridgehead atoms. The monoisotopic (exact) mass is 385 g/mol. The summed E-state index contributed by atoms with van der Waals surface area (Å²) in [4.78, 5) is 14.9. The molecule has 1 saturated heterocycles. The maximum absolute atomic E-state index is 12.5. The normalized spacial score (nSPS) is 19.5. The number of hydrogen-bond donors (Lipinski definition) is 2. The van der Waals surface area contributed by atoms with E-state index in [-0.39, 0.29) is 11.6 Å². The molecule has 0 aliphatic carbocycles. The van der Waals surface area contributed by atoms with E-state index in [2.05, 4.69) is 55.7 Å². The number of anilines is 1. The van der Waals surface area contributed by atoms with Gasteiger partial charge in [-0.2, -0.15) is 0 Å². The summed E-state index contributed by atoms with van der Waals surface area (Å²) < 4.78 is 0.923. The second kappa shape index (κ2) is 6.22. The number of benzene rings is 2. The van der Waals surface area contributed by atoms with Gasteiger partial charge in [0.05, 0.1) is 5.56 Å². The third kappa shape index (κ3) is 3.06. The van der Waals surface area contributed by atoms with Crippen molar-refractivity contribution in [3.05, 3.63) is 64.1 Å². The molecule has 2 heterocycles. The fourth-order valence-corrected chi connectivity index (χ4v) is 3.93. The van der Waals surface area contributed by atoms with Crippen LogP contribution in [0.1, 0.15) is 28.8 Å². The van der Waals surface area contributed by atoms with Crippen LogP contribution in [0, 0.1) is 0 Å². The Morgan fingerprint density at radius 3 is 2.54 bits per heavy atom. The Balaban J connectivity index is 1.45. The van der Waals surface area contributed by atoms with Crippen molar-refractivity contribution in [1.29, 1.82) is 0 Å². The Morgan fingerprint density at radius 2 is 1.79 bits per heavy atom. The molecule has 2 aromatic carbocycles. The Hall–Kier alpha value is -1.85. The maximum Gasteiger partial charge on any atom is 0.255 e. The van der Waals surface area contributed by atoms with Crippen molar-refractivity contribution >= 4 is 27.5 Å². The predicted octanol–water partition coefficient (Wildman–Crippen LogP) is 3.60. The highest BCUT2D eigenvalue weighted by molar-refractivity contribution is 9.10. The summed E-state index contributed by atoms with van der Waals surface area (Å²) in [6, 6.07) is 16.4. The number of nitrogens with zero attached hydrogens (tertiary/aromatic N) is 1. The van der Waals surface area contributed by atoms with Gasteiger partial charge in [0.1, 0.15) is 5.66 Å². The van der Waals surface area contributed by atoms with Gasteiger partial charge >= 0.3 is 0 Å². The van der Waals surface area contributed by atoms with E-state index in [1.54, 1.807) is 0 Å². The summed E-state index contributed by atoms with van der Waals surface area (Å²) in [7, 11) is 0. The fourth-order valence-electron chi connectivity index (χ4n) is 3.57. The lowest BCUT2D eigenvalue weighted by atomic mass is 9.92. The van der Waals surface area contributed by atoms with Gasteiger partial charge in [-0.15, -0.1) is 0 Å². The van der Waals surface area contributed by atoms with Crippen molar-refractivity contribution in [3.63, 3.8) is 0 Å². The number of amides is 1. The van der Waals surface area contributed by atoms with Crippen LogP contribution in [0.15, 0.2) is 53.0 Å². The molecule has 0 saturated carbocycles. The Bertz CT molecular complexity index is 754. The molecule has 2 N–H and O–H groups in total. The number of hydrogen-bond acceptors (Lipinski definition) is 3. The van der Waals surface area contributed by atoms with Crippen molar-refractivity contribution in [1.82, 2.24) is 10.2 Å². The van der Waals surface area contributed by atoms with E-state index in [0.717, 1.165) is 42.6 Å². The first-order valence-electron chi connectivity index (χ1n) is 8.30. The first-order valence-corrected chi connectivity index (χ1v) is 9.09. The Kier molecular flexibility index (Phi) is 4.06. The predicted molar refractivity (Wildman–Crippen MR) is 98.9 cm³/mol. The van der Waals surface area contributed by atoms with Gasteiger partial charge in [0, 0.05) is 42.6 Å². The zero-order chi connectivity index (χ0) is 16.6. The van der Waals surface area contributed by atoms with E-state index in [0.29, 0.717) is 5.56 Å². The minimum atomic E-state index is -0.314. The number of likely N-dealkylation sites (tertiary alicyclic amines) is 1. The molecule has 124 valence electrons. The lowest BCUT2D eigenvalue weighted by molar-refractivity contribution is 0.0822. The maximum atomic E-state index is 12.5. The second-order valence-electron chi connectivity index (χ2n) is 6.61. The molecule has 2 aliphatic heterocycles. The van der Waals surface area contributed by atoms with Crippen molar-refractivity contribution in [2.75, 3.05) is 18.4 Å². The minimum absolute atomic E-state index is 0.0153. The zero-order valence-corrected chi connectivity index (χ0v) is 15.0. The number of halogens is 1. The van der Waals surface area contributed by atoms with Gasteiger partial charge in [-0.1, -0.05) is 46.3 Å². The first kappa shape index (κ1) is 15.7. The Labute approximate surface area is 150 Å². The molecule has 1 fully saturated rings. The number of carbonyl (C=O) groups excluding carboxylic acids is 1. The van der Waals surface area contributed by atoms with Crippen LogP contribution in [0.5, 0.6) is 0 Å². The molecule has 4 rings (SSSR count). The van der Waals surface area contributed by atoms with Crippen LogP contribution in [0.3, 0.4) is 0 Å². The highest BCUT2D eigenvalue weighted by Crippen LogP contribution is 2.33. The number of piperidine rings is 1. The van der Waals surface area contributed by atoms with Gasteiger partial charge in [0.2, 0.25) is 0 Å². The standard InChI is InChI=1S/C19H20BrN3O/c20-15-6-7-17-16(12-15)18(24)22-19(21-17)8-10-23(11-9-19)13-14-4-2-1-3-5-14/h1-7,12,21H,8-11,13H2,(H,22,24). The molecule has 2 aliphatic rings. The van der Waals surface area contributed by atoms with Gasteiger partial charge in [0.25, 0.3) is 5.91 Å². The molecule has 2 aromatic rings. The van der Waals surface area contributed by atoms with Crippen LogP contribution < -0.4 is 10.6 Å². The number of nitrogens with one attached hydrogen (secondary N) is 2. The summed E-state index contributed by atoms with van der Waals surface area (Å²) in [5.41, 5.74) is 2.66. The van der Waals surface area contributed by atoms with Gasteiger partial charge in [-0.3, -0.25) is 9.69 Å². The molecule has 4 nitrogen and oxygen atoms in total. The largest absolute Gasteiger partial charge is 0.362 e. The van der Waals surface area contributed by atoms with E-state index in [9.17, 15) is 4.79 Å². The second-order valence-corrected chi connectivity index (χ2v) is 7.53. The van der Waals surface area contributed by atoms with Crippen LogP contribution in [-0.2, 0) is 6.54 Å². The van der Waals surface area contributed by atoms with E-state index in [4.69, 9.17) is 0 Å². The van der Waals surface area contributed by atoms with E-state index in [1.807, 2.05) is 24.3 Å². The van der Waals surface area contributed by atoms with Crippen LogP contribution in [-0.4, -0.2) is 29.6 Å². The lowest BCUT2D eigenvalue weighted by Crippen LogP contribution is -2.62. The first-order chi connectivity index (χ1) is 11.6. The fraction of sp³-hybridized carbons (Fsp3) is 0.316. The topological polar surface area (TPSA) is 44.4 Å². The highest BCUT2D eigenvalue weighted by Gasteiger charge is 2.40. The van der Waals surface area contributed by atoms with Crippen molar-refractivity contribution in [2.24, 2.45) is 0 Å². The average Bonchev–Trinajstić information content (AvgIpc) is 2.59. The number of fused-ring (bicyclic) bond motifs is 1. The van der Waals surface area contributed by atoms with Crippen molar-refractivity contribution < 1.29 is 4.79 Å². The molecule has 24 heavy (non-hydrogen) atoms. The molecular weight excluding hydrogens is 366 g/mol. The molecular formula is C19H20BrN3O. The molecule has 1 spiro atoms. The van der Waals surface area contributed by atoms with E-state index < -0.39 is 0 Å². The molecule has 5 heteroatoms. The van der Waals surface area contributed by atoms with E-state index >= 15 is 0 Å². The number of carbonyl (C=O) groups is 1. The Morgan fingerprint density at radius 1 is 1.04 bits per heavy atom. The molecule has 0 radical (unpaired) electrons. The van der Waals surface area contributed by atoms with Crippen LogP contribution in [0.4, 0.5) is 5.69 Å². The molecule has 0 unspecified atom stereocenters. The summed E-state index contributed by atoms with van der Waals surface area (Å²) in [5, 5.41) is 6.78. The minimum Gasteiger partial charge on any atom is -0.362 e. The molecule has 1 amide bonds. The smallest absolute Gasteiger partial charge is 0.255 e. The number of rotatable bonds is 2. The molecule has 0 aromatic heterocycles. The van der Waals surface area contributed by atoms with Gasteiger partial charge in [0.15, 0.2) is 0 Å². The van der Waals surface area contributed by atoms with E-state index in [1.165, 1.54) is 5.56 Å². The molecule has 0 atom stereocenters. The SMILES string of the molecule is O=C1NC2(CCN(Cc3ccccc3)CC2)Nc2ccc(Br)cc21. The van der Waals surface area contributed by atoms with Crippen LogP contribution in [0.2, 0.25) is 0 Å². The van der Waals surface area contributed by atoms with Crippen molar-refractivity contribution in [2.45, 2.75) is 25.0 Å². The third-order valence-electron chi connectivity index (χ3n) is 4.91. The highest BCUT2D eigenvalue weighted by atomic mass is 79.9. The van der Waals surface area contributed by atoms with Crippen molar-refractivity contribution in [3.8, 4) is 0 Å². The third-order valence-corrected chi connectivity index (χ3v) is 5.40. The summed E-state index contributed by atoms with van der Waals surface area (Å²) in [5.74, 6) is 0.0153. The summed E-state index contributed by atoms with van der Waals surface area (Å²) in [6.07, 6.45) is 1.81.